The third-order valence-electron chi connectivity index (χ3n) is 4.45. The summed E-state index contributed by atoms with van der Waals surface area (Å²) in [5.41, 5.74) is 0.853. The number of ether oxygens (including phenoxy) is 1. The predicted octanol–water partition coefficient (Wildman–Crippen LogP) is 2.08. The van der Waals surface area contributed by atoms with Gasteiger partial charge in [-0.25, -0.2) is 14.5 Å². The van der Waals surface area contributed by atoms with Crippen LogP contribution in [0.25, 0.3) is 5.69 Å². The molecule has 0 spiro atoms. The van der Waals surface area contributed by atoms with Crippen LogP contribution in [0.4, 0.5) is 10.8 Å². The highest BCUT2D eigenvalue weighted by Crippen LogP contribution is 2.17. The van der Waals surface area contributed by atoms with Gasteiger partial charge in [-0.15, -0.1) is 11.3 Å². The minimum atomic E-state index is -1.18. The minimum absolute atomic E-state index is 0.0317. The van der Waals surface area contributed by atoms with E-state index in [2.05, 4.69) is 15.6 Å². The molecule has 1 aromatic carbocycles. The molecule has 0 aliphatic rings. The maximum absolute atomic E-state index is 12.9. The van der Waals surface area contributed by atoms with Crippen LogP contribution >= 0.6 is 11.3 Å². The minimum Gasteiger partial charge on any atom is -0.448 e. The largest absolute Gasteiger partial charge is 0.448 e. The Morgan fingerprint density at radius 1 is 1.16 bits per heavy atom. The predicted molar refractivity (Wildman–Crippen MR) is 116 cm³/mol. The van der Waals surface area contributed by atoms with Crippen LogP contribution in [-0.2, 0) is 21.4 Å². The number of carbonyl (C=O) groups excluding carboxylic acids is 3. The van der Waals surface area contributed by atoms with Gasteiger partial charge in [0, 0.05) is 19.4 Å². The zero-order chi connectivity index (χ0) is 22.7. The van der Waals surface area contributed by atoms with E-state index in [0.29, 0.717) is 11.4 Å². The molecule has 2 amide bonds. The molecule has 0 radical (unpaired) electrons. The number of amides is 2. The second-order valence-corrected chi connectivity index (χ2v) is 7.55. The lowest BCUT2D eigenvalue weighted by atomic mass is 10.3. The van der Waals surface area contributed by atoms with Crippen LogP contribution in [0.1, 0.15) is 30.0 Å². The van der Waals surface area contributed by atoms with E-state index in [1.165, 1.54) is 23.9 Å². The Hall–Kier alpha value is -3.73. The number of para-hydroxylation sites is 1. The van der Waals surface area contributed by atoms with Gasteiger partial charge < -0.3 is 15.4 Å². The van der Waals surface area contributed by atoms with Crippen molar-refractivity contribution < 1.29 is 19.1 Å². The molecule has 0 fully saturated rings. The van der Waals surface area contributed by atoms with Crippen LogP contribution in [0.2, 0.25) is 0 Å². The topological polar surface area (TPSA) is 124 Å². The Kier molecular flexibility index (Phi) is 6.35. The van der Waals surface area contributed by atoms with E-state index in [9.17, 15) is 19.2 Å². The van der Waals surface area contributed by atoms with Crippen molar-refractivity contribution in [1.29, 1.82) is 0 Å². The number of benzene rings is 1. The Morgan fingerprint density at radius 3 is 2.48 bits per heavy atom. The van der Waals surface area contributed by atoms with Crippen LogP contribution < -0.4 is 16.2 Å². The van der Waals surface area contributed by atoms with E-state index in [1.807, 2.05) is 6.07 Å². The van der Waals surface area contributed by atoms with Crippen molar-refractivity contribution >= 4 is 39.9 Å². The van der Waals surface area contributed by atoms with Gasteiger partial charge in [-0.1, -0.05) is 18.2 Å². The SMILES string of the molecule is CC(=O)Nc1nc(C(=O)OC(C)C(=O)Nc2c(C)n(C)n(-c3ccccc3)c2=O)cs1. The molecule has 162 valence electrons. The number of esters is 1. The van der Waals surface area contributed by atoms with Crippen molar-refractivity contribution in [3.05, 3.63) is 57.5 Å². The van der Waals surface area contributed by atoms with Crippen LogP contribution in [0.3, 0.4) is 0 Å². The monoisotopic (exact) mass is 443 g/mol. The van der Waals surface area contributed by atoms with Crippen molar-refractivity contribution in [2.75, 3.05) is 10.6 Å². The van der Waals surface area contributed by atoms with Crippen molar-refractivity contribution in [3.8, 4) is 5.69 Å². The molecule has 0 saturated heterocycles. The molecule has 0 aliphatic carbocycles. The Balaban J connectivity index is 1.73. The summed E-state index contributed by atoms with van der Waals surface area (Å²) in [6.07, 6.45) is -1.18. The third kappa shape index (κ3) is 4.72. The van der Waals surface area contributed by atoms with E-state index < -0.39 is 23.5 Å². The lowest BCUT2D eigenvalue weighted by molar-refractivity contribution is -0.123. The Labute approximate surface area is 181 Å². The van der Waals surface area contributed by atoms with Gasteiger partial charge in [-0.2, -0.15) is 0 Å². The highest BCUT2D eigenvalue weighted by molar-refractivity contribution is 7.14. The van der Waals surface area contributed by atoms with Gasteiger partial charge in [0.1, 0.15) is 5.69 Å². The summed E-state index contributed by atoms with van der Waals surface area (Å²) in [6, 6.07) is 9.00. The lowest BCUT2D eigenvalue weighted by Gasteiger charge is -2.12. The molecule has 1 unspecified atom stereocenters. The maximum Gasteiger partial charge on any atom is 0.358 e. The lowest BCUT2D eigenvalue weighted by Crippen LogP contribution is -2.32. The summed E-state index contributed by atoms with van der Waals surface area (Å²) in [5, 5.41) is 6.68. The standard InChI is InChI=1S/C20H21N5O5S/c1-11-16(18(28)25(24(11)4)14-8-6-5-7-9-14)23-17(27)12(2)30-19(29)15-10-31-20(22-15)21-13(3)26/h5-10,12H,1-4H3,(H,23,27)(H,21,22,26). The summed E-state index contributed by atoms with van der Waals surface area (Å²) in [5.74, 6) is -1.79. The van der Waals surface area contributed by atoms with E-state index in [0.717, 1.165) is 11.3 Å². The average Bonchev–Trinajstić information content (AvgIpc) is 3.27. The van der Waals surface area contributed by atoms with Gasteiger partial charge >= 0.3 is 5.97 Å². The molecule has 3 rings (SSSR count). The quantitative estimate of drug-likeness (QED) is 0.562. The fraction of sp³-hybridized carbons (Fsp3) is 0.250. The average molecular weight is 443 g/mol. The number of carbonyl (C=O) groups is 3. The van der Waals surface area contributed by atoms with Gasteiger partial charge in [0.15, 0.2) is 16.9 Å². The highest BCUT2D eigenvalue weighted by atomic mass is 32.1. The first kappa shape index (κ1) is 22.0. The summed E-state index contributed by atoms with van der Waals surface area (Å²) in [4.78, 5) is 52.7. The van der Waals surface area contributed by atoms with Gasteiger partial charge in [0.2, 0.25) is 5.91 Å². The Morgan fingerprint density at radius 2 is 1.84 bits per heavy atom. The summed E-state index contributed by atoms with van der Waals surface area (Å²) in [7, 11) is 1.71. The van der Waals surface area contributed by atoms with Gasteiger partial charge in [0.25, 0.3) is 11.5 Å². The number of nitrogens with zero attached hydrogens (tertiary/aromatic N) is 3. The molecule has 11 heteroatoms. The first-order chi connectivity index (χ1) is 14.7. The number of aromatic nitrogens is 3. The van der Waals surface area contributed by atoms with Gasteiger partial charge in [-0.05, 0) is 26.0 Å². The molecule has 2 aromatic heterocycles. The molecule has 0 aliphatic heterocycles. The molecule has 1 atom stereocenters. The highest BCUT2D eigenvalue weighted by Gasteiger charge is 2.24. The van der Waals surface area contributed by atoms with Crippen LogP contribution in [0.5, 0.6) is 0 Å². The molecule has 0 bridgehead atoms. The molecule has 31 heavy (non-hydrogen) atoms. The zero-order valence-corrected chi connectivity index (χ0v) is 18.1. The Bertz CT molecular complexity index is 1190. The van der Waals surface area contributed by atoms with Crippen molar-refractivity contribution in [2.45, 2.75) is 26.9 Å². The number of thiazole rings is 1. The molecule has 3 aromatic rings. The van der Waals surface area contributed by atoms with Crippen LogP contribution in [0, 0.1) is 6.92 Å². The van der Waals surface area contributed by atoms with Gasteiger partial charge in [-0.3, -0.25) is 19.1 Å². The fourth-order valence-corrected chi connectivity index (χ4v) is 3.51. The summed E-state index contributed by atoms with van der Waals surface area (Å²) < 4.78 is 8.21. The molecule has 2 heterocycles. The van der Waals surface area contributed by atoms with E-state index in [1.54, 1.807) is 42.9 Å². The number of anilines is 2. The molecular formula is C20H21N5O5S. The first-order valence-corrected chi connectivity index (χ1v) is 10.2. The van der Waals surface area contributed by atoms with Crippen molar-refractivity contribution in [2.24, 2.45) is 7.05 Å². The smallest absolute Gasteiger partial charge is 0.358 e. The third-order valence-corrected chi connectivity index (χ3v) is 5.21. The summed E-state index contributed by atoms with van der Waals surface area (Å²) >= 11 is 1.06. The first-order valence-electron chi connectivity index (χ1n) is 9.28. The van der Waals surface area contributed by atoms with Crippen LogP contribution in [0.15, 0.2) is 40.5 Å². The van der Waals surface area contributed by atoms with E-state index in [-0.39, 0.29) is 22.4 Å². The second-order valence-electron chi connectivity index (χ2n) is 6.69. The summed E-state index contributed by atoms with van der Waals surface area (Å²) in [6.45, 7) is 4.41. The molecule has 0 saturated carbocycles. The number of nitrogens with one attached hydrogen (secondary N) is 2. The second kappa shape index (κ2) is 8.96. The number of hydrogen-bond acceptors (Lipinski definition) is 7. The fourth-order valence-electron chi connectivity index (χ4n) is 2.79. The van der Waals surface area contributed by atoms with E-state index in [4.69, 9.17) is 4.74 Å². The maximum atomic E-state index is 12.9. The van der Waals surface area contributed by atoms with E-state index >= 15 is 0 Å². The van der Waals surface area contributed by atoms with Crippen molar-refractivity contribution in [1.82, 2.24) is 14.3 Å². The van der Waals surface area contributed by atoms with Crippen molar-refractivity contribution in [3.63, 3.8) is 0 Å². The van der Waals surface area contributed by atoms with Gasteiger partial charge in [0.05, 0.1) is 11.4 Å². The molecular weight excluding hydrogens is 422 g/mol. The zero-order valence-electron chi connectivity index (χ0n) is 17.3. The number of rotatable bonds is 6. The molecule has 10 nitrogen and oxygen atoms in total. The van der Waals surface area contributed by atoms with Crippen LogP contribution in [-0.4, -0.2) is 38.2 Å². The normalized spacial score (nSPS) is 11.6. The number of hydrogen-bond donors (Lipinski definition) is 2. The molecule has 2 N–H and O–H groups in total.